The van der Waals surface area contributed by atoms with Gasteiger partial charge in [-0.05, 0) is 45.7 Å². The molecule has 0 saturated heterocycles. The number of nitrogens with zero attached hydrogens (tertiary/aromatic N) is 3. The zero-order valence-corrected chi connectivity index (χ0v) is 18.2. The van der Waals surface area contributed by atoms with Crippen molar-refractivity contribution in [3.05, 3.63) is 30.2 Å². The van der Waals surface area contributed by atoms with Gasteiger partial charge in [0.2, 0.25) is 5.91 Å². The number of hydrogen-bond donors (Lipinski definition) is 2. The van der Waals surface area contributed by atoms with Crippen molar-refractivity contribution in [1.29, 1.82) is 0 Å². The molecule has 3 rings (SSSR count). The van der Waals surface area contributed by atoms with E-state index < -0.39 is 11.7 Å². The molecule has 2 atom stereocenters. The summed E-state index contributed by atoms with van der Waals surface area (Å²) in [6.07, 6.45) is 7.83. The van der Waals surface area contributed by atoms with Crippen molar-refractivity contribution < 1.29 is 14.3 Å². The predicted molar refractivity (Wildman–Crippen MR) is 114 cm³/mol. The van der Waals surface area contributed by atoms with Gasteiger partial charge in [0.1, 0.15) is 11.4 Å². The summed E-state index contributed by atoms with van der Waals surface area (Å²) in [6, 6.07) is 5.53. The lowest BCUT2D eigenvalue weighted by molar-refractivity contribution is -0.126. The molecule has 2 aromatic rings. The fourth-order valence-electron chi connectivity index (χ4n) is 3.92. The Hall–Kier alpha value is -2.64. The quantitative estimate of drug-likeness (QED) is 0.781. The Morgan fingerprint density at radius 2 is 1.90 bits per heavy atom. The Kier molecular flexibility index (Phi) is 7.29. The Bertz CT molecular complexity index is 858. The van der Waals surface area contributed by atoms with Gasteiger partial charge in [-0.3, -0.25) is 9.20 Å². The summed E-state index contributed by atoms with van der Waals surface area (Å²) in [6.45, 7) is 5.99. The van der Waals surface area contributed by atoms with Gasteiger partial charge in [-0.25, -0.2) is 4.79 Å². The number of alkyl carbamates (subject to hydrolysis) is 1. The Morgan fingerprint density at radius 1 is 1.13 bits per heavy atom. The molecule has 1 saturated carbocycles. The van der Waals surface area contributed by atoms with Gasteiger partial charge in [0, 0.05) is 25.2 Å². The van der Waals surface area contributed by atoms with E-state index in [1.54, 1.807) is 0 Å². The third kappa shape index (κ3) is 6.18. The van der Waals surface area contributed by atoms with E-state index in [9.17, 15) is 9.59 Å². The second kappa shape index (κ2) is 9.91. The van der Waals surface area contributed by atoms with Crippen LogP contribution < -0.4 is 10.6 Å². The number of hydrogen-bond acceptors (Lipinski definition) is 5. The third-order valence-corrected chi connectivity index (χ3v) is 5.34. The van der Waals surface area contributed by atoms with E-state index in [0.29, 0.717) is 13.0 Å². The Labute approximate surface area is 177 Å². The number of fused-ring (bicyclic) bond motifs is 1. The maximum Gasteiger partial charge on any atom is 0.407 e. The van der Waals surface area contributed by atoms with Crippen LogP contribution in [0.25, 0.3) is 5.65 Å². The van der Waals surface area contributed by atoms with E-state index in [4.69, 9.17) is 4.74 Å². The highest BCUT2D eigenvalue weighted by Crippen LogP contribution is 2.24. The molecule has 0 unspecified atom stereocenters. The highest BCUT2D eigenvalue weighted by atomic mass is 16.6. The summed E-state index contributed by atoms with van der Waals surface area (Å²) in [7, 11) is 0. The normalized spacial score (nSPS) is 20.2. The van der Waals surface area contributed by atoms with Gasteiger partial charge in [0.05, 0.1) is 5.92 Å². The standard InChI is InChI=1S/C22H33N5O3/c1-22(2,3)30-21(29)24-17-11-7-5-4-6-10-16(17)20(28)23-14-13-19-26-25-18-12-8-9-15-27(18)19/h8-9,12,15-17H,4-7,10-11,13-14H2,1-3H3,(H,23,28)(H,24,29)/t16-,17+/m0/s1. The summed E-state index contributed by atoms with van der Waals surface area (Å²) in [5.41, 5.74) is 0.227. The topological polar surface area (TPSA) is 97.6 Å². The van der Waals surface area contributed by atoms with Crippen LogP contribution >= 0.6 is 0 Å². The van der Waals surface area contributed by atoms with E-state index >= 15 is 0 Å². The van der Waals surface area contributed by atoms with Crippen LogP contribution in [0.1, 0.15) is 65.1 Å². The number of aromatic nitrogens is 3. The third-order valence-electron chi connectivity index (χ3n) is 5.34. The maximum absolute atomic E-state index is 13.0. The highest BCUT2D eigenvalue weighted by molar-refractivity contribution is 5.80. The lowest BCUT2D eigenvalue weighted by Crippen LogP contribution is -2.48. The fourth-order valence-corrected chi connectivity index (χ4v) is 3.92. The lowest BCUT2D eigenvalue weighted by Gasteiger charge is -2.30. The Morgan fingerprint density at radius 3 is 2.67 bits per heavy atom. The minimum absolute atomic E-state index is 0.0215. The maximum atomic E-state index is 13.0. The largest absolute Gasteiger partial charge is 0.444 e. The van der Waals surface area contributed by atoms with Crippen molar-refractivity contribution in [2.45, 2.75) is 77.4 Å². The van der Waals surface area contributed by atoms with Crippen LogP contribution in [0.3, 0.4) is 0 Å². The zero-order chi connectivity index (χ0) is 21.6. The minimum Gasteiger partial charge on any atom is -0.444 e. The van der Waals surface area contributed by atoms with Crippen LogP contribution in [-0.4, -0.2) is 44.8 Å². The SMILES string of the molecule is CC(C)(C)OC(=O)N[C@@H]1CCCCCC[C@@H]1C(=O)NCCc1nnc2ccccn12. The molecule has 2 amide bonds. The summed E-state index contributed by atoms with van der Waals surface area (Å²) in [5, 5.41) is 14.3. The molecule has 0 aromatic carbocycles. The second-order valence-electron chi connectivity index (χ2n) is 8.94. The van der Waals surface area contributed by atoms with E-state index in [-0.39, 0.29) is 17.9 Å². The zero-order valence-electron chi connectivity index (χ0n) is 18.2. The molecule has 0 spiro atoms. The van der Waals surface area contributed by atoms with Crippen LogP contribution in [0.2, 0.25) is 0 Å². The van der Waals surface area contributed by atoms with Crippen LogP contribution in [0.15, 0.2) is 24.4 Å². The van der Waals surface area contributed by atoms with Gasteiger partial charge >= 0.3 is 6.09 Å². The molecule has 8 nitrogen and oxygen atoms in total. The number of pyridine rings is 1. The average Bonchev–Trinajstić information content (AvgIpc) is 3.06. The molecule has 1 aliphatic rings. The summed E-state index contributed by atoms with van der Waals surface area (Å²) >= 11 is 0. The van der Waals surface area contributed by atoms with Crippen LogP contribution in [0.5, 0.6) is 0 Å². The first-order valence-electron chi connectivity index (χ1n) is 10.9. The number of carbonyl (C=O) groups is 2. The molecule has 30 heavy (non-hydrogen) atoms. The molecule has 8 heteroatoms. The van der Waals surface area contributed by atoms with Crippen LogP contribution in [0, 0.1) is 5.92 Å². The molecule has 0 aliphatic heterocycles. The van der Waals surface area contributed by atoms with Crippen molar-refractivity contribution in [2.75, 3.05) is 6.54 Å². The lowest BCUT2D eigenvalue weighted by atomic mass is 9.86. The Balaban J connectivity index is 1.59. The molecule has 0 radical (unpaired) electrons. The van der Waals surface area contributed by atoms with Crippen LogP contribution in [0.4, 0.5) is 4.79 Å². The molecule has 1 fully saturated rings. The molecular formula is C22H33N5O3. The average molecular weight is 416 g/mol. The van der Waals surface area contributed by atoms with E-state index in [1.165, 1.54) is 0 Å². The van der Waals surface area contributed by atoms with Crippen molar-refractivity contribution >= 4 is 17.6 Å². The summed E-state index contributed by atoms with van der Waals surface area (Å²) in [5.74, 6) is 0.534. The van der Waals surface area contributed by atoms with Crippen molar-refractivity contribution in [2.24, 2.45) is 5.92 Å². The monoisotopic (exact) mass is 415 g/mol. The second-order valence-corrected chi connectivity index (χ2v) is 8.94. The van der Waals surface area contributed by atoms with Gasteiger partial charge in [-0.15, -0.1) is 10.2 Å². The van der Waals surface area contributed by atoms with Crippen molar-refractivity contribution in [1.82, 2.24) is 25.2 Å². The van der Waals surface area contributed by atoms with Gasteiger partial charge in [0.25, 0.3) is 0 Å². The van der Waals surface area contributed by atoms with Crippen molar-refractivity contribution in [3.63, 3.8) is 0 Å². The van der Waals surface area contributed by atoms with Gasteiger partial charge in [-0.1, -0.05) is 31.7 Å². The molecule has 164 valence electrons. The van der Waals surface area contributed by atoms with Crippen LogP contribution in [-0.2, 0) is 16.0 Å². The number of nitrogens with one attached hydrogen (secondary N) is 2. The van der Waals surface area contributed by atoms with E-state index in [0.717, 1.165) is 50.0 Å². The molecule has 2 N–H and O–H groups in total. The number of amides is 2. The molecule has 0 bridgehead atoms. The number of carbonyl (C=O) groups excluding carboxylic acids is 2. The minimum atomic E-state index is -0.565. The number of rotatable bonds is 5. The molecule has 2 aromatic heterocycles. The van der Waals surface area contributed by atoms with E-state index in [1.807, 2.05) is 49.6 Å². The first-order valence-corrected chi connectivity index (χ1v) is 10.9. The molecular weight excluding hydrogens is 382 g/mol. The predicted octanol–water partition coefficient (Wildman–Crippen LogP) is 3.25. The first-order chi connectivity index (χ1) is 14.3. The van der Waals surface area contributed by atoms with Gasteiger partial charge < -0.3 is 15.4 Å². The highest BCUT2D eigenvalue weighted by Gasteiger charge is 2.31. The first kappa shape index (κ1) is 22.1. The van der Waals surface area contributed by atoms with Crippen molar-refractivity contribution in [3.8, 4) is 0 Å². The fraction of sp³-hybridized carbons (Fsp3) is 0.636. The van der Waals surface area contributed by atoms with E-state index in [2.05, 4.69) is 20.8 Å². The van der Waals surface area contributed by atoms with Gasteiger partial charge in [-0.2, -0.15) is 0 Å². The molecule has 1 aliphatic carbocycles. The van der Waals surface area contributed by atoms with Gasteiger partial charge in [0.15, 0.2) is 5.65 Å². The molecule has 2 heterocycles. The summed E-state index contributed by atoms with van der Waals surface area (Å²) < 4.78 is 7.34. The smallest absolute Gasteiger partial charge is 0.407 e. The number of ether oxygens (including phenoxy) is 1. The summed E-state index contributed by atoms with van der Waals surface area (Å²) in [4.78, 5) is 25.3.